The third kappa shape index (κ3) is 1.40. The Morgan fingerprint density at radius 2 is 2.21 bits per heavy atom. The van der Waals surface area contributed by atoms with Gasteiger partial charge in [0.2, 0.25) is 0 Å². The van der Waals surface area contributed by atoms with Crippen molar-refractivity contribution in [1.29, 1.82) is 0 Å². The molecule has 2 aromatic rings. The summed E-state index contributed by atoms with van der Waals surface area (Å²) in [5, 5.41) is 8.98. The number of rotatable bonds is 2. The lowest BCUT2D eigenvalue weighted by Crippen LogP contribution is -1.97. The molecule has 3 heteroatoms. The van der Waals surface area contributed by atoms with Crippen LogP contribution in [0.15, 0.2) is 24.5 Å². The maximum atomic E-state index is 8.98. The van der Waals surface area contributed by atoms with Crippen molar-refractivity contribution in [2.24, 2.45) is 0 Å². The highest BCUT2D eigenvalue weighted by Gasteiger charge is 2.05. The van der Waals surface area contributed by atoms with Crippen LogP contribution in [0.1, 0.15) is 25.5 Å². The van der Waals surface area contributed by atoms with Crippen LogP contribution in [0.5, 0.6) is 0 Å². The zero-order valence-corrected chi connectivity index (χ0v) is 8.44. The van der Waals surface area contributed by atoms with Crippen LogP contribution in [0.3, 0.4) is 0 Å². The quantitative estimate of drug-likeness (QED) is 0.787. The Labute approximate surface area is 83.0 Å². The van der Waals surface area contributed by atoms with E-state index in [-0.39, 0.29) is 6.61 Å². The Balaban J connectivity index is 2.59. The van der Waals surface area contributed by atoms with E-state index in [2.05, 4.69) is 23.4 Å². The summed E-state index contributed by atoms with van der Waals surface area (Å²) in [5.74, 6) is 0. The maximum absolute atomic E-state index is 8.98. The largest absolute Gasteiger partial charge is 0.392 e. The van der Waals surface area contributed by atoms with Crippen molar-refractivity contribution in [3.05, 3.63) is 30.1 Å². The Morgan fingerprint density at radius 1 is 1.43 bits per heavy atom. The van der Waals surface area contributed by atoms with Gasteiger partial charge in [0, 0.05) is 6.04 Å². The second-order valence-corrected chi connectivity index (χ2v) is 3.73. The second-order valence-electron chi connectivity index (χ2n) is 3.73. The van der Waals surface area contributed by atoms with Crippen LogP contribution in [-0.2, 0) is 6.61 Å². The lowest BCUT2D eigenvalue weighted by atomic mass is 10.2. The third-order valence-corrected chi connectivity index (χ3v) is 2.38. The number of fused-ring (bicyclic) bond motifs is 1. The topological polar surface area (TPSA) is 38.0 Å². The summed E-state index contributed by atoms with van der Waals surface area (Å²) in [7, 11) is 0. The van der Waals surface area contributed by atoms with Crippen LogP contribution in [-0.4, -0.2) is 14.7 Å². The summed E-state index contributed by atoms with van der Waals surface area (Å²) >= 11 is 0. The molecule has 0 aliphatic rings. The Hall–Kier alpha value is -1.35. The fourth-order valence-electron chi connectivity index (χ4n) is 1.59. The number of hydrogen-bond acceptors (Lipinski definition) is 2. The van der Waals surface area contributed by atoms with Crippen LogP contribution < -0.4 is 0 Å². The lowest BCUT2D eigenvalue weighted by molar-refractivity contribution is 0.282. The Kier molecular flexibility index (Phi) is 2.25. The van der Waals surface area contributed by atoms with Gasteiger partial charge in [0.05, 0.1) is 24.0 Å². The van der Waals surface area contributed by atoms with E-state index >= 15 is 0 Å². The Bertz CT molecular complexity index is 445. The van der Waals surface area contributed by atoms with Gasteiger partial charge in [-0.3, -0.25) is 0 Å². The van der Waals surface area contributed by atoms with E-state index in [0.717, 1.165) is 16.6 Å². The van der Waals surface area contributed by atoms with E-state index in [4.69, 9.17) is 5.11 Å². The van der Waals surface area contributed by atoms with Crippen LogP contribution in [0.25, 0.3) is 11.0 Å². The highest BCUT2D eigenvalue weighted by Crippen LogP contribution is 2.18. The summed E-state index contributed by atoms with van der Waals surface area (Å²) in [6.45, 7) is 4.33. The van der Waals surface area contributed by atoms with E-state index in [1.165, 1.54) is 0 Å². The van der Waals surface area contributed by atoms with Crippen molar-refractivity contribution in [2.75, 3.05) is 0 Å². The van der Waals surface area contributed by atoms with E-state index in [1.807, 2.05) is 24.5 Å². The molecule has 2 rings (SSSR count). The molecule has 0 atom stereocenters. The molecule has 0 aliphatic heterocycles. The van der Waals surface area contributed by atoms with Crippen molar-refractivity contribution >= 4 is 11.0 Å². The van der Waals surface area contributed by atoms with Gasteiger partial charge in [-0.15, -0.1) is 0 Å². The van der Waals surface area contributed by atoms with Crippen molar-refractivity contribution in [3.8, 4) is 0 Å². The summed E-state index contributed by atoms with van der Waals surface area (Å²) in [4.78, 5) is 4.30. The predicted molar refractivity (Wildman–Crippen MR) is 56.0 cm³/mol. The first-order valence-corrected chi connectivity index (χ1v) is 4.78. The number of nitrogens with zero attached hydrogens (tertiary/aromatic N) is 2. The number of aliphatic hydroxyl groups excluding tert-OH is 1. The molecule has 74 valence electrons. The fraction of sp³-hybridized carbons (Fsp3) is 0.364. The molecule has 0 unspecified atom stereocenters. The minimum atomic E-state index is 0.0739. The van der Waals surface area contributed by atoms with Gasteiger partial charge in [-0.25, -0.2) is 4.98 Å². The molecule has 0 bridgehead atoms. The molecule has 0 spiro atoms. The molecule has 3 nitrogen and oxygen atoms in total. The van der Waals surface area contributed by atoms with Crippen molar-refractivity contribution < 1.29 is 5.11 Å². The van der Waals surface area contributed by atoms with E-state index in [9.17, 15) is 0 Å². The fourth-order valence-corrected chi connectivity index (χ4v) is 1.59. The summed E-state index contributed by atoms with van der Waals surface area (Å²) in [6, 6.07) is 6.28. The van der Waals surface area contributed by atoms with Gasteiger partial charge in [-0.1, -0.05) is 6.07 Å². The van der Waals surface area contributed by atoms with E-state index in [1.54, 1.807) is 0 Å². The van der Waals surface area contributed by atoms with Gasteiger partial charge in [0.25, 0.3) is 0 Å². The SMILES string of the molecule is CC(C)n1cnc2cc(CO)ccc21. The van der Waals surface area contributed by atoms with E-state index < -0.39 is 0 Å². The van der Waals surface area contributed by atoms with Gasteiger partial charge in [-0.05, 0) is 31.5 Å². The molecule has 1 aromatic carbocycles. The first-order valence-electron chi connectivity index (χ1n) is 4.78. The molecule has 1 heterocycles. The van der Waals surface area contributed by atoms with Gasteiger partial charge >= 0.3 is 0 Å². The molecular weight excluding hydrogens is 176 g/mol. The molecule has 0 radical (unpaired) electrons. The number of aliphatic hydroxyl groups is 1. The van der Waals surface area contributed by atoms with Crippen molar-refractivity contribution in [2.45, 2.75) is 26.5 Å². The smallest absolute Gasteiger partial charge is 0.0960 e. The highest BCUT2D eigenvalue weighted by molar-refractivity contribution is 5.76. The predicted octanol–water partition coefficient (Wildman–Crippen LogP) is 2.11. The van der Waals surface area contributed by atoms with Crippen molar-refractivity contribution in [1.82, 2.24) is 9.55 Å². The van der Waals surface area contributed by atoms with Gasteiger partial charge in [0.1, 0.15) is 0 Å². The minimum absolute atomic E-state index is 0.0739. The number of aromatic nitrogens is 2. The molecular formula is C11H14N2O. The standard InChI is InChI=1S/C11H14N2O/c1-8(2)13-7-12-10-5-9(6-14)3-4-11(10)13/h3-5,7-8,14H,6H2,1-2H3. The van der Waals surface area contributed by atoms with Gasteiger partial charge in [-0.2, -0.15) is 0 Å². The van der Waals surface area contributed by atoms with Crippen LogP contribution >= 0.6 is 0 Å². The lowest BCUT2D eigenvalue weighted by Gasteiger charge is -2.07. The normalized spacial score (nSPS) is 11.4. The van der Waals surface area contributed by atoms with Crippen molar-refractivity contribution in [3.63, 3.8) is 0 Å². The zero-order valence-electron chi connectivity index (χ0n) is 8.44. The summed E-state index contributed by atoms with van der Waals surface area (Å²) < 4.78 is 2.12. The number of hydrogen-bond donors (Lipinski definition) is 1. The number of imidazole rings is 1. The highest BCUT2D eigenvalue weighted by atomic mass is 16.3. The third-order valence-electron chi connectivity index (χ3n) is 2.38. The molecule has 0 saturated carbocycles. The Morgan fingerprint density at radius 3 is 2.86 bits per heavy atom. The molecule has 0 fully saturated rings. The van der Waals surface area contributed by atoms with Gasteiger partial charge < -0.3 is 9.67 Å². The first kappa shape index (κ1) is 9.21. The zero-order chi connectivity index (χ0) is 10.1. The number of benzene rings is 1. The molecule has 0 amide bonds. The average molecular weight is 190 g/mol. The van der Waals surface area contributed by atoms with Crippen LogP contribution in [0.4, 0.5) is 0 Å². The van der Waals surface area contributed by atoms with Crippen LogP contribution in [0, 0.1) is 0 Å². The van der Waals surface area contributed by atoms with E-state index in [0.29, 0.717) is 6.04 Å². The average Bonchev–Trinajstić information content (AvgIpc) is 2.59. The first-order chi connectivity index (χ1) is 6.72. The molecule has 0 aliphatic carbocycles. The maximum Gasteiger partial charge on any atom is 0.0960 e. The molecule has 0 saturated heterocycles. The molecule has 1 N–H and O–H groups in total. The summed E-state index contributed by atoms with van der Waals surface area (Å²) in [6.07, 6.45) is 1.84. The summed E-state index contributed by atoms with van der Waals surface area (Å²) in [5.41, 5.74) is 2.98. The van der Waals surface area contributed by atoms with Gasteiger partial charge in [0.15, 0.2) is 0 Å². The monoisotopic (exact) mass is 190 g/mol. The molecule has 1 aromatic heterocycles. The molecule has 14 heavy (non-hydrogen) atoms. The second kappa shape index (κ2) is 3.42. The van der Waals surface area contributed by atoms with Crippen LogP contribution in [0.2, 0.25) is 0 Å². The minimum Gasteiger partial charge on any atom is -0.392 e.